The molecule has 4 heterocycles. The van der Waals surface area contributed by atoms with E-state index in [1.807, 2.05) is 58.0 Å². The number of hydrogen-bond acceptors (Lipinski definition) is 3. The second-order valence-electron chi connectivity index (χ2n) is 8.94. The maximum Gasteiger partial charge on any atom is 0.275 e. The molecule has 160 valence electrons. The number of amides is 1. The Hall–Kier alpha value is -3.67. The summed E-state index contributed by atoms with van der Waals surface area (Å²) in [6.07, 6.45) is 1.77. The van der Waals surface area contributed by atoms with Gasteiger partial charge in [-0.3, -0.25) is 14.7 Å². The Morgan fingerprint density at radius 3 is 2.66 bits per heavy atom. The molecule has 0 radical (unpaired) electrons. The Kier molecular flexibility index (Phi) is 4.45. The van der Waals surface area contributed by atoms with Crippen LogP contribution in [0.4, 0.5) is 0 Å². The molecule has 1 N–H and O–H groups in total. The van der Waals surface area contributed by atoms with Crippen molar-refractivity contribution in [2.75, 3.05) is 13.1 Å². The molecule has 4 aromatic rings. The van der Waals surface area contributed by atoms with E-state index in [1.54, 1.807) is 6.07 Å². The van der Waals surface area contributed by atoms with Gasteiger partial charge in [-0.15, -0.1) is 0 Å². The van der Waals surface area contributed by atoms with E-state index in [0.29, 0.717) is 18.8 Å². The van der Waals surface area contributed by atoms with Crippen molar-refractivity contribution < 1.29 is 4.79 Å². The van der Waals surface area contributed by atoms with Crippen LogP contribution < -0.4 is 5.56 Å². The molecule has 1 saturated heterocycles. The minimum Gasteiger partial charge on any atom is -0.336 e. The fourth-order valence-corrected chi connectivity index (χ4v) is 5.60. The van der Waals surface area contributed by atoms with E-state index in [1.165, 1.54) is 5.56 Å². The van der Waals surface area contributed by atoms with Gasteiger partial charge in [0.2, 0.25) is 0 Å². The number of nitrogens with zero attached hydrogens (tertiary/aromatic N) is 3. The third-order valence-corrected chi connectivity index (χ3v) is 7.05. The van der Waals surface area contributed by atoms with E-state index < -0.39 is 0 Å². The molecule has 3 atom stereocenters. The van der Waals surface area contributed by atoms with Gasteiger partial charge in [-0.1, -0.05) is 54.6 Å². The lowest BCUT2D eigenvalue weighted by molar-refractivity contribution is 0.0525. The van der Waals surface area contributed by atoms with Crippen LogP contribution in [-0.2, 0) is 6.42 Å². The zero-order chi connectivity index (χ0) is 21.7. The van der Waals surface area contributed by atoms with Crippen molar-refractivity contribution in [2.24, 2.45) is 5.92 Å². The second-order valence-corrected chi connectivity index (χ2v) is 8.94. The molecule has 0 saturated carbocycles. The van der Waals surface area contributed by atoms with Crippen molar-refractivity contribution >= 4 is 16.8 Å². The largest absolute Gasteiger partial charge is 0.336 e. The number of fused-ring (bicyclic) bond motifs is 5. The molecule has 1 amide bonds. The minimum atomic E-state index is -0.0395. The zero-order valence-corrected chi connectivity index (χ0v) is 17.6. The number of carbonyl (C=O) groups is 1. The van der Waals surface area contributed by atoms with Crippen LogP contribution in [0.2, 0.25) is 0 Å². The molecule has 6 nitrogen and oxygen atoms in total. The van der Waals surface area contributed by atoms with Crippen LogP contribution in [-0.4, -0.2) is 38.7 Å². The van der Waals surface area contributed by atoms with Crippen LogP contribution in [0.3, 0.4) is 0 Å². The number of pyridine rings is 1. The lowest BCUT2D eigenvalue weighted by atomic mass is 9.76. The van der Waals surface area contributed by atoms with Crippen LogP contribution in [0, 0.1) is 5.92 Å². The second kappa shape index (κ2) is 7.48. The van der Waals surface area contributed by atoms with Crippen LogP contribution in [0.15, 0.2) is 77.6 Å². The number of H-pyrrole nitrogens is 1. The van der Waals surface area contributed by atoms with Gasteiger partial charge in [0.15, 0.2) is 5.69 Å². The van der Waals surface area contributed by atoms with E-state index in [4.69, 9.17) is 0 Å². The third kappa shape index (κ3) is 3.06. The normalized spacial score (nSPS) is 22.0. The molecule has 1 fully saturated rings. The monoisotopic (exact) mass is 424 g/mol. The highest BCUT2D eigenvalue weighted by molar-refractivity contribution is 6.04. The molecular weight excluding hydrogens is 400 g/mol. The number of aromatic nitrogens is 3. The summed E-state index contributed by atoms with van der Waals surface area (Å²) in [5.41, 5.74) is 3.65. The Bertz CT molecular complexity index is 1360. The van der Waals surface area contributed by atoms with Crippen molar-refractivity contribution in [2.45, 2.75) is 24.8 Å². The number of rotatable bonds is 3. The Morgan fingerprint density at radius 2 is 1.78 bits per heavy atom. The number of aromatic amines is 1. The molecular formula is C26H24N4O2. The summed E-state index contributed by atoms with van der Waals surface area (Å²) in [6.45, 7) is 1.24. The first kappa shape index (κ1) is 19.0. The van der Waals surface area contributed by atoms with E-state index in [2.05, 4.69) is 28.4 Å². The number of benzene rings is 2. The topological polar surface area (TPSA) is 71.0 Å². The highest BCUT2D eigenvalue weighted by Crippen LogP contribution is 2.42. The molecule has 32 heavy (non-hydrogen) atoms. The third-order valence-electron chi connectivity index (χ3n) is 7.05. The summed E-state index contributed by atoms with van der Waals surface area (Å²) in [4.78, 5) is 28.4. The predicted octanol–water partition coefficient (Wildman–Crippen LogP) is 3.77. The SMILES string of the molecule is O=C(c1n[nH]c2ccccc12)N1C[C@H]2C[C@@H](C1)[C@H](Cc1ccccc1)n1c2cccc1=O. The van der Waals surface area contributed by atoms with Crippen molar-refractivity contribution in [1.29, 1.82) is 0 Å². The van der Waals surface area contributed by atoms with Crippen LogP contribution in [0.5, 0.6) is 0 Å². The van der Waals surface area contributed by atoms with E-state index in [9.17, 15) is 9.59 Å². The fraction of sp³-hybridized carbons (Fsp3) is 0.269. The zero-order valence-electron chi connectivity index (χ0n) is 17.6. The van der Waals surface area contributed by atoms with Gasteiger partial charge in [0, 0.05) is 42.2 Å². The Balaban J connectivity index is 1.38. The number of nitrogens with one attached hydrogen (secondary N) is 1. The Morgan fingerprint density at radius 1 is 0.969 bits per heavy atom. The van der Waals surface area contributed by atoms with Crippen molar-refractivity contribution in [1.82, 2.24) is 19.7 Å². The molecule has 2 aromatic carbocycles. The maximum absolute atomic E-state index is 13.5. The maximum atomic E-state index is 13.5. The quantitative estimate of drug-likeness (QED) is 0.544. The van der Waals surface area contributed by atoms with E-state index in [-0.39, 0.29) is 29.3 Å². The van der Waals surface area contributed by atoms with Gasteiger partial charge in [-0.25, -0.2) is 0 Å². The molecule has 2 aromatic heterocycles. The summed E-state index contributed by atoms with van der Waals surface area (Å²) in [6, 6.07) is 23.6. The average Bonchev–Trinajstić information content (AvgIpc) is 3.26. The molecule has 2 aliphatic heterocycles. The summed E-state index contributed by atoms with van der Waals surface area (Å²) in [7, 11) is 0. The summed E-state index contributed by atoms with van der Waals surface area (Å²) in [5.74, 6) is 0.335. The number of hydrogen-bond donors (Lipinski definition) is 1. The Labute approximate surface area is 185 Å². The number of piperidine rings is 1. The molecule has 6 heteroatoms. The standard InChI is InChI=1S/C26H24N4O2/c31-24-12-6-11-22-18-14-19(23(30(22)24)13-17-7-2-1-3-8-17)16-29(15-18)26(32)25-20-9-4-5-10-21(20)27-28-25/h1-12,18-19,23H,13-16H2,(H,27,28)/t18-,19+,23+/m1/s1. The lowest BCUT2D eigenvalue weighted by Crippen LogP contribution is -2.51. The molecule has 0 aliphatic carbocycles. The van der Waals surface area contributed by atoms with Gasteiger partial charge in [-0.05, 0) is 36.5 Å². The van der Waals surface area contributed by atoms with Gasteiger partial charge in [0.25, 0.3) is 11.5 Å². The van der Waals surface area contributed by atoms with E-state index in [0.717, 1.165) is 29.4 Å². The first-order chi connectivity index (χ1) is 15.7. The summed E-state index contributed by atoms with van der Waals surface area (Å²) < 4.78 is 2.00. The van der Waals surface area contributed by atoms with Crippen LogP contribution in [0.1, 0.15) is 40.1 Å². The number of para-hydroxylation sites is 1. The smallest absolute Gasteiger partial charge is 0.275 e. The van der Waals surface area contributed by atoms with Gasteiger partial charge in [0.05, 0.1) is 5.52 Å². The van der Waals surface area contributed by atoms with Crippen LogP contribution >= 0.6 is 0 Å². The molecule has 2 bridgehead atoms. The molecule has 2 aliphatic rings. The number of likely N-dealkylation sites (tertiary alicyclic amines) is 1. The molecule has 6 rings (SSSR count). The van der Waals surface area contributed by atoms with Gasteiger partial charge >= 0.3 is 0 Å². The number of carbonyl (C=O) groups excluding carboxylic acids is 1. The van der Waals surface area contributed by atoms with E-state index >= 15 is 0 Å². The van der Waals surface area contributed by atoms with Gasteiger partial charge in [-0.2, -0.15) is 5.10 Å². The first-order valence-electron chi connectivity index (χ1n) is 11.2. The van der Waals surface area contributed by atoms with Gasteiger partial charge in [0.1, 0.15) is 0 Å². The molecule has 0 unspecified atom stereocenters. The molecule has 0 spiro atoms. The van der Waals surface area contributed by atoms with Crippen molar-refractivity contribution in [3.63, 3.8) is 0 Å². The van der Waals surface area contributed by atoms with Crippen molar-refractivity contribution in [3.05, 3.63) is 100 Å². The van der Waals surface area contributed by atoms with Crippen LogP contribution in [0.25, 0.3) is 10.9 Å². The van der Waals surface area contributed by atoms with Gasteiger partial charge < -0.3 is 9.47 Å². The average molecular weight is 425 g/mol. The highest BCUT2D eigenvalue weighted by atomic mass is 16.2. The lowest BCUT2D eigenvalue weighted by Gasteiger charge is -2.47. The fourth-order valence-electron chi connectivity index (χ4n) is 5.60. The van der Waals surface area contributed by atoms with Crippen molar-refractivity contribution in [3.8, 4) is 0 Å². The summed E-state index contributed by atoms with van der Waals surface area (Å²) >= 11 is 0. The minimum absolute atomic E-state index is 0.0314. The predicted molar refractivity (Wildman–Crippen MR) is 123 cm³/mol. The first-order valence-corrected chi connectivity index (χ1v) is 11.2. The summed E-state index contributed by atoms with van der Waals surface area (Å²) in [5, 5.41) is 8.17. The highest BCUT2D eigenvalue weighted by Gasteiger charge is 2.42.